The molecule has 3 rings (SSSR count). The number of hydrogen-bond acceptors (Lipinski definition) is 4. The van der Waals surface area contributed by atoms with Crippen LogP contribution in [0.1, 0.15) is 16.1 Å². The van der Waals surface area contributed by atoms with Gasteiger partial charge in [-0.3, -0.25) is 14.7 Å². The molecule has 0 aliphatic heterocycles. The topological polar surface area (TPSA) is 83.0 Å². The molecular weight excluding hydrogens is 276 g/mol. The standard InChI is InChI=1S/C14H10N2O3S/c17-11(6-13(18)19)12-5-8(7-20-12)14-9-3-1-2-4-10(9)15-16-14/h1-5,7H,6H2,(H,15,16)(H,18,19). The zero-order chi connectivity index (χ0) is 14.1. The second kappa shape index (κ2) is 4.90. The number of carbonyl (C=O) groups is 2. The van der Waals surface area contributed by atoms with Gasteiger partial charge in [-0.1, -0.05) is 18.2 Å². The van der Waals surface area contributed by atoms with E-state index in [-0.39, 0.29) is 5.78 Å². The highest BCUT2D eigenvalue weighted by atomic mass is 32.1. The molecule has 0 aliphatic rings. The number of para-hydroxylation sites is 1. The predicted molar refractivity (Wildman–Crippen MR) is 76.0 cm³/mol. The van der Waals surface area contributed by atoms with Gasteiger partial charge in [0.05, 0.1) is 10.4 Å². The summed E-state index contributed by atoms with van der Waals surface area (Å²) in [6, 6.07) is 9.40. The number of rotatable bonds is 4. The molecule has 2 N–H and O–H groups in total. The Labute approximate surface area is 117 Å². The minimum atomic E-state index is -1.12. The summed E-state index contributed by atoms with van der Waals surface area (Å²) >= 11 is 1.24. The van der Waals surface area contributed by atoms with Gasteiger partial charge in [0.1, 0.15) is 12.1 Å². The summed E-state index contributed by atoms with van der Waals surface area (Å²) in [6.07, 6.45) is -0.485. The van der Waals surface area contributed by atoms with Crippen LogP contribution in [0.3, 0.4) is 0 Å². The fourth-order valence-corrected chi connectivity index (χ4v) is 2.85. The Morgan fingerprint density at radius 1 is 1.30 bits per heavy atom. The lowest BCUT2D eigenvalue weighted by Gasteiger charge is -1.93. The summed E-state index contributed by atoms with van der Waals surface area (Å²) in [4.78, 5) is 22.7. The van der Waals surface area contributed by atoms with Gasteiger partial charge in [-0.15, -0.1) is 11.3 Å². The quantitative estimate of drug-likeness (QED) is 0.570. The lowest BCUT2D eigenvalue weighted by Crippen LogP contribution is -2.04. The first-order valence-corrected chi connectivity index (χ1v) is 6.80. The number of aromatic nitrogens is 2. The third-order valence-corrected chi connectivity index (χ3v) is 3.90. The number of hydrogen-bond donors (Lipinski definition) is 2. The van der Waals surface area contributed by atoms with E-state index in [1.54, 1.807) is 6.07 Å². The molecule has 20 heavy (non-hydrogen) atoms. The highest BCUT2D eigenvalue weighted by Gasteiger charge is 2.15. The second-order valence-electron chi connectivity index (χ2n) is 4.31. The third-order valence-electron chi connectivity index (χ3n) is 2.93. The fourth-order valence-electron chi connectivity index (χ4n) is 2.01. The molecular formula is C14H10N2O3S. The van der Waals surface area contributed by atoms with Crippen molar-refractivity contribution in [2.45, 2.75) is 6.42 Å². The van der Waals surface area contributed by atoms with Gasteiger partial charge in [-0.05, 0) is 12.1 Å². The molecule has 0 atom stereocenters. The van der Waals surface area contributed by atoms with Crippen LogP contribution >= 0.6 is 11.3 Å². The summed E-state index contributed by atoms with van der Waals surface area (Å²) in [7, 11) is 0. The van der Waals surface area contributed by atoms with Gasteiger partial charge >= 0.3 is 5.97 Å². The Balaban J connectivity index is 1.98. The molecule has 0 bridgehead atoms. The monoisotopic (exact) mass is 286 g/mol. The van der Waals surface area contributed by atoms with E-state index in [1.165, 1.54) is 11.3 Å². The smallest absolute Gasteiger partial charge is 0.311 e. The Hall–Kier alpha value is -2.47. The number of nitrogens with zero attached hydrogens (tertiary/aromatic N) is 1. The van der Waals surface area contributed by atoms with E-state index in [0.717, 1.165) is 22.2 Å². The molecule has 0 spiro atoms. The molecule has 3 aromatic rings. The van der Waals surface area contributed by atoms with Crippen LogP contribution in [-0.4, -0.2) is 27.1 Å². The van der Waals surface area contributed by atoms with Crippen molar-refractivity contribution in [3.8, 4) is 11.3 Å². The van der Waals surface area contributed by atoms with E-state index < -0.39 is 12.4 Å². The molecule has 2 heterocycles. The van der Waals surface area contributed by atoms with Gasteiger partial charge in [-0.25, -0.2) is 0 Å². The van der Waals surface area contributed by atoms with Gasteiger partial charge in [-0.2, -0.15) is 5.10 Å². The number of carboxylic acids is 1. The Morgan fingerprint density at radius 3 is 2.90 bits per heavy atom. The normalized spacial score (nSPS) is 10.8. The summed E-state index contributed by atoms with van der Waals surface area (Å²) in [6.45, 7) is 0. The van der Waals surface area contributed by atoms with Crippen molar-refractivity contribution in [1.29, 1.82) is 0 Å². The molecule has 5 nitrogen and oxygen atoms in total. The molecule has 6 heteroatoms. The van der Waals surface area contributed by atoms with E-state index in [1.807, 2.05) is 29.6 Å². The number of fused-ring (bicyclic) bond motifs is 1. The minimum absolute atomic E-state index is 0.381. The number of ketones is 1. The Bertz CT molecular complexity index is 803. The number of carboxylic acid groups (broad SMARTS) is 1. The number of aromatic amines is 1. The average molecular weight is 286 g/mol. The number of carbonyl (C=O) groups excluding carboxylic acids is 1. The van der Waals surface area contributed by atoms with Gasteiger partial charge in [0.2, 0.25) is 0 Å². The zero-order valence-corrected chi connectivity index (χ0v) is 11.1. The van der Waals surface area contributed by atoms with Crippen molar-refractivity contribution >= 4 is 34.0 Å². The van der Waals surface area contributed by atoms with Gasteiger partial charge < -0.3 is 5.11 Å². The Morgan fingerprint density at radius 2 is 2.10 bits per heavy atom. The third kappa shape index (κ3) is 2.21. The van der Waals surface area contributed by atoms with E-state index in [0.29, 0.717) is 4.88 Å². The van der Waals surface area contributed by atoms with Gasteiger partial charge in [0.15, 0.2) is 5.78 Å². The predicted octanol–water partition coefficient (Wildman–Crippen LogP) is 2.95. The van der Waals surface area contributed by atoms with Crippen LogP contribution in [0, 0.1) is 0 Å². The van der Waals surface area contributed by atoms with E-state index in [4.69, 9.17) is 5.11 Å². The first-order chi connectivity index (χ1) is 9.65. The van der Waals surface area contributed by atoms with Crippen molar-refractivity contribution in [3.63, 3.8) is 0 Å². The fraction of sp³-hybridized carbons (Fsp3) is 0.0714. The first kappa shape index (κ1) is 12.6. The number of Topliss-reactive ketones (excluding diaryl/α,β-unsaturated/α-hetero) is 1. The maximum absolute atomic E-state index is 11.7. The molecule has 0 radical (unpaired) electrons. The molecule has 0 aliphatic carbocycles. The molecule has 0 amide bonds. The molecule has 0 unspecified atom stereocenters. The van der Waals surface area contributed by atoms with Crippen LogP contribution < -0.4 is 0 Å². The number of thiophene rings is 1. The lowest BCUT2D eigenvalue weighted by molar-refractivity contribution is -0.135. The van der Waals surface area contributed by atoms with Crippen LogP contribution in [0.4, 0.5) is 0 Å². The van der Waals surface area contributed by atoms with Crippen molar-refractivity contribution in [2.24, 2.45) is 0 Å². The molecule has 2 aromatic heterocycles. The van der Waals surface area contributed by atoms with Crippen molar-refractivity contribution in [3.05, 3.63) is 40.6 Å². The summed E-state index contributed by atoms with van der Waals surface area (Å²) in [5.74, 6) is -1.50. The number of aliphatic carboxylic acids is 1. The first-order valence-electron chi connectivity index (χ1n) is 5.92. The maximum Gasteiger partial charge on any atom is 0.311 e. The summed E-state index contributed by atoms with van der Waals surface area (Å²) in [5, 5.41) is 18.6. The molecule has 0 saturated carbocycles. The zero-order valence-electron chi connectivity index (χ0n) is 10.3. The van der Waals surface area contributed by atoms with Gasteiger partial charge in [0, 0.05) is 16.3 Å². The highest BCUT2D eigenvalue weighted by Crippen LogP contribution is 2.30. The lowest BCUT2D eigenvalue weighted by atomic mass is 10.1. The largest absolute Gasteiger partial charge is 0.481 e. The van der Waals surface area contributed by atoms with E-state index in [9.17, 15) is 9.59 Å². The highest BCUT2D eigenvalue weighted by molar-refractivity contribution is 7.12. The van der Waals surface area contributed by atoms with Crippen molar-refractivity contribution in [1.82, 2.24) is 10.2 Å². The SMILES string of the molecule is O=C(O)CC(=O)c1cc(-c2n[nH]c3ccccc23)cs1. The summed E-state index contributed by atoms with van der Waals surface area (Å²) < 4.78 is 0. The van der Waals surface area contributed by atoms with Crippen LogP contribution in [0.25, 0.3) is 22.2 Å². The maximum atomic E-state index is 11.7. The molecule has 100 valence electrons. The molecule has 0 saturated heterocycles. The second-order valence-corrected chi connectivity index (χ2v) is 5.22. The number of benzene rings is 1. The van der Waals surface area contributed by atoms with Crippen LogP contribution in [0.5, 0.6) is 0 Å². The van der Waals surface area contributed by atoms with E-state index in [2.05, 4.69) is 10.2 Å². The Kier molecular flexibility index (Phi) is 3.08. The molecule has 0 fully saturated rings. The van der Waals surface area contributed by atoms with Crippen molar-refractivity contribution in [2.75, 3.05) is 0 Å². The molecule has 1 aromatic carbocycles. The van der Waals surface area contributed by atoms with Crippen LogP contribution in [0.2, 0.25) is 0 Å². The number of H-pyrrole nitrogens is 1. The van der Waals surface area contributed by atoms with E-state index >= 15 is 0 Å². The minimum Gasteiger partial charge on any atom is -0.481 e. The van der Waals surface area contributed by atoms with Crippen LogP contribution in [0.15, 0.2) is 35.7 Å². The van der Waals surface area contributed by atoms with Crippen LogP contribution in [-0.2, 0) is 4.79 Å². The van der Waals surface area contributed by atoms with Crippen molar-refractivity contribution < 1.29 is 14.7 Å². The van der Waals surface area contributed by atoms with Gasteiger partial charge in [0.25, 0.3) is 0 Å². The number of nitrogens with one attached hydrogen (secondary N) is 1. The average Bonchev–Trinajstić information content (AvgIpc) is 3.04. The summed E-state index contributed by atoms with van der Waals surface area (Å²) in [5.41, 5.74) is 2.51.